The average Bonchev–Trinajstić information content (AvgIpc) is 2.46. The van der Waals surface area contributed by atoms with Crippen molar-refractivity contribution in [3.05, 3.63) is 0 Å². The van der Waals surface area contributed by atoms with Gasteiger partial charge in [-0.1, -0.05) is 6.92 Å². The van der Waals surface area contributed by atoms with Crippen molar-refractivity contribution in [3.63, 3.8) is 0 Å². The topological polar surface area (TPSA) is 132 Å². The van der Waals surface area contributed by atoms with E-state index in [4.69, 9.17) is 26.0 Å². The zero-order valence-corrected chi connectivity index (χ0v) is 18.4. The Kier molecular flexibility index (Phi) is 19.7. The summed E-state index contributed by atoms with van der Waals surface area (Å²) in [6, 6.07) is 0. The molecule has 162 valence electrons. The Labute approximate surface area is 161 Å². The number of ether oxygens (including phenoxy) is 2. The van der Waals surface area contributed by atoms with E-state index in [0.29, 0.717) is 13.2 Å². The Morgan fingerprint density at radius 1 is 1.04 bits per heavy atom. The number of likely N-dealkylation sites (N-methyl/N-ethyl adjacent to an activating group) is 2. The number of aliphatic hydroxyl groups is 1. The standard InChI is InChI=1S/C8H20N2O.C6H13NO.C4H11NO.H3N/c1-7(2,9)5-11-6-8(3,4)10;1-2-7-3-5-8-6-4-7;1-5(2)3-4-6;/h5-6,9-10H2,1-4H3;2-6H2,1H3;6H,3-4H2,1-2H3;1H3. The highest BCUT2D eigenvalue weighted by Crippen LogP contribution is 2.01. The maximum atomic E-state index is 8.20. The van der Waals surface area contributed by atoms with Crippen LogP contribution in [0.4, 0.5) is 0 Å². The molecule has 0 atom stereocenters. The fraction of sp³-hybridized carbons (Fsp3) is 1.00. The van der Waals surface area contributed by atoms with Crippen molar-refractivity contribution in [1.82, 2.24) is 16.0 Å². The molecule has 0 saturated carbocycles. The fourth-order valence-corrected chi connectivity index (χ4v) is 1.69. The molecule has 1 saturated heterocycles. The maximum Gasteiger partial charge on any atom is 0.0641 e. The normalized spacial score (nSPS) is 15.3. The molecule has 0 aromatic rings. The molecule has 0 spiro atoms. The zero-order valence-electron chi connectivity index (χ0n) is 18.4. The summed E-state index contributed by atoms with van der Waals surface area (Å²) in [6.45, 7) is 17.3. The van der Waals surface area contributed by atoms with Crippen molar-refractivity contribution in [2.75, 3.05) is 73.3 Å². The van der Waals surface area contributed by atoms with Crippen LogP contribution in [0.25, 0.3) is 0 Å². The molecule has 0 bridgehead atoms. The first kappa shape index (κ1) is 30.4. The fourth-order valence-electron chi connectivity index (χ4n) is 1.69. The van der Waals surface area contributed by atoms with Gasteiger partial charge in [-0.15, -0.1) is 0 Å². The molecule has 0 amide bonds. The minimum atomic E-state index is -0.259. The highest BCUT2D eigenvalue weighted by Gasteiger charge is 2.15. The Morgan fingerprint density at radius 2 is 1.46 bits per heavy atom. The van der Waals surface area contributed by atoms with Gasteiger partial charge in [-0.3, -0.25) is 4.90 Å². The second-order valence-corrected chi connectivity index (χ2v) is 8.04. The lowest BCUT2D eigenvalue weighted by Crippen LogP contribution is -2.42. The van der Waals surface area contributed by atoms with Crippen molar-refractivity contribution < 1.29 is 14.6 Å². The lowest BCUT2D eigenvalue weighted by Gasteiger charge is -2.24. The summed E-state index contributed by atoms with van der Waals surface area (Å²) < 4.78 is 10.5. The Balaban J connectivity index is -0.000000313. The summed E-state index contributed by atoms with van der Waals surface area (Å²) in [5.41, 5.74) is 10.9. The van der Waals surface area contributed by atoms with Crippen LogP contribution in [0.1, 0.15) is 34.6 Å². The second kappa shape index (κ2) is 16.8. The SMILES string of the molecule is CC(C)(N)COCC(C)(C)N.CCN1CCOCC1.CN(C)CCO.N. The first-order chi connectivity index (χ1) is 11.4. The lowest BCUT2D eigenvalue weighted by molar-refractivity contribution is 0.0405. The highest BCUT2D eigenvalue weighted by atomic mass is 16.5. The van der Waals surface area contributed by atoms with Crippen molar-refractivity contribution in [2.24, 2.45) is 11.5 Å². The Hall–Kier alpha value is -0.320. The molecule has 0 aromatic heterocycles. The summed E-state index contributed by atoms with van der Waals surface area (Å²) in [5, 5.41) is 8.20. The van der Waals surface area contributed by atoms with Crippen LogP contribution in [-0.2, 0) is 9.47 Å². The molecular weight excluding hydrogens is 334 g/mol. The number of hydrogen-bond donors (Lipinski definition) is 4. The van der Waals surface area contributed by atoms with Gasteiger partial charge in [0.2, 0.25) is 0 Å². The number of hydrogen-bond acceptors (Lipinski definition) is 8. The molecule has 8 heteroatoms. The van der Waals surface area contributed by atoms with Crippen molar-refractivity contribution in [3.8, 4) is 0 Å². The van der Waals surface area contributed by atoms with Gasteiger partial charge in [-0.25, -0.2) is 0 Å². The van der Waals surface area contributed by atoms with Gasteiger partial charge in [-0.05, 0) is 48.3 Å². The number of morpholine rings is 1. The van der Waals surface area contributed by atoms with Gasteiger partial charge in [-0.2, -0.15) is 0 Å². The first-order valence-corrected chi connectivity index (χ1v) is 9.12. The second-order valence-electron chi connectivity index (χ2n) is 8.04. The quantitative estimate of drug-likeness (QED) is 0.502. The Morgan fingerprint density at radius 3 is 1.65 bits per heavy atom. The number of rotatable bonds is 7. The molecule has 8 N–H and O–H groups in total. The summed E-state index contributed by atoms with van der Waals surface area (Å²) in [6.07, 6.45) is 0. The van der Waals surface area contributed by atoms with E-state index < -0.39 is 0 Å². The maximum absolute atomic E-state index is 8.20. The average molecular weight is 382 g/mol. The van der Waals surface area contributed by atoms with Gasteiger partial charge in [0.05, 0.1) is 33.0 Å². The third-order valence-electron chi connectivity index (χ3n) is 3.05. The van der Waals surface area contributed by atoms with E-state index in [-0.39, 0.29) is 23.8 Å². The molecule has 1 heterocycles. The predicted octanol–water partition coefficient (Wildman–Crippen LogP) is 0.518. The monoisotopic (exact) mass is 381 g/mol. The minimum Gasteiger partial charge on any atom is -0.395 e. The smallest absolute Gasteiger partial charge is 0.0641 e. The molecular formula is C18H47N5O3. The van der Waals surface area contributed by atoms with Gasteiger partial charge >= 0.3 is 0 Å². The third kappa shape index (κ3) is 28.5. The van der Waals surface area contributed by atoms with Gasteiger partial charge in [0.1, 0.15) is 0 Å². The van der Waals surface area contributed by atoms with Crippen LogP contribution in [0, 0.1) is 0 Å². The summed E-state index contributed by atoms with van der Waals surface area (Å²) >= 11 is 0. The van der Waals surface area contributed by atoms with Crippen LogP contribution >= 0.6 is 0 Å². The summed E-state index contributed by atoms with van der Waals surface area (Å²) in [7, 11) is 3.85. The minimum absolute atomic E-state index is 0. The van der Waals surface area contributed by atoms with Gasteiger partial charge in [0.15, 0.2) is 0 Å². The first-order valence-electron chi connectivity index (χ1n) is 9.12. The van der Waals surface area contributed by atoms with E-state index in [1.165, 1.54) is 6.54 Å². The third-order valence-corrected chi connectivity index (χ3v) is 3.05. The molecule has 26 heavy (non-hydrogen) atoms. The largest absolute Gasteiger partial charge is 0.395 e. The number of nitrogens with zero attached hydrogens (tertiary/aromatic N) is 2. The van der Waals surface area contributed by atoms with E-state index in [9.17, 15) is 0 Å². The van der Waals surface area contributed by atoms with E-state index >= 15 is 0 Å². The molecule has 0 radical (unpaired) electrons. The van der Waals surface area contributed by atoms with E-state index in [2.05, 4.69) is 11.8 Å². The molecule has 1 aliphatic rings. The van der Waals surface area contributed by atoms with Crippen LogP contribution in [0.5, 0.6) is 0 Å². The van der Waals surface area contributed by atoms with Crippen molar-refractivity contribution >= 4 is 0 Å². The predicted molar refractivity (Wildman–Crippen MR) is 111 cm³/mol. The van der Waals surface area contributed by atoms with E-state index in [0.717, 1.165) is 32.8 Å². The summed E-state index contributed by atoms with van der Waals surface area (Å²) in [5.74, 6) is 0. The molecule has 1 fully saturated rings. The molecule has 0 aliphatic carbocycles. The van der Waals surface area contributed by atoms with Crippen molar-refractivity contribution in [1.29, 1.82) is 0 Å². The molecule has 1 rings (SSSR count). The van der Waals surface area contributed by atoms with Gasteiger partial charge < -0.3 is 37.1 Å². The van der Waals surface area contributed by atoms with Crippen LogP contribution < -0.4 is 17.6 Å². The van der Waals surface area contributed by atoms with E-state index in [1.54, 1.807) is 0 Å². The summed E-state index contributed by atoms with van der Waals surface area (Å²) in [4.78, 5) is 4.32. The van der Waals surface area contributed by atoms with Crippen LogP contribution in [0.15, 0.2) is 0 Å². The molecule has 0 unspecified atom stereocenters. The van der Waals surface area contributed by atoms with Crippen LogP contribution in [0.2, 0.25) is 0 Å². The molecule has 8 nitrogen and oxygen atoms in total. The van der Waals surface area contributed by atoms with Crippen molar-refractivity contribution in [2.45, 2.75) is 45.7 Å². The Bertz CT molecular complexity index is 272. The lowest BCUT2D eigenvalue weighted by atomic mass is 10.1. The number of aliphatic hydroxyl groups excluding tert-OH is 1. The van der Waals surface area contributed by atoms with Crippen LogP contribution in [0.3, 0.4) is 0 Å². The van der Waals surface area contributed by atoms with Gasteiger partial charge in [0, 0.05) is 30.7 Å². The molecule has 1 aliphatic heterocycles. The highest BCUT2D eigenvalue weighted by molar-refractivity contribution is 4.74. The molecule has 0 aromatic carbocycles. The zero-order chi connectivity index (χ0) is 19.9. The van der Waals surface area contributed by atoms with Gasteiger partial charge in [0.25, 0.3) is 0 Å². The number of nitrogens with two attached hydrogens (primary N) is 2. The van der Waals surface area contributed by atoms with Crippen LogP contribution in [-0.4, -0.2) is 99.3 Å². The van der Waals surface area contributed by atoms with E-state index in [1.807, 2.05) is 46.7 Å².